The molecule has 1 fully saturated rings. The molecule has 0 radical (unpaired) electrons. The van der Waals surface area contributed by atoms with Gasteiger partial charge < -0.3 is 4.90 Å². The summed E-state index contributed by atoms with van der Waals surface area (Å²) in [6, 6.07) is 16.4. The van der Waals surface area contributed by atoms with Crippen LogP contribution in [0.3, 0.4) is 0 Å². The van der Waals surface area contributed by atoms with E-state index in [4.69, 9.17) is 9.97 Å². The van der Waals surface area contributed by atoms with E-state index in [1.54, 1.807) is 23.7 Å². The molecule has 176 valence electrons. The van der Waals surface area contributed by atoms with Gasteiger partial charge in [-0.15, -0.1) is 11.3 Å². The number of anilines is 1. The Hall–Kier alpha value is -3.68. The summed E-state index contributed by atoms with van der Waals surface area (Å²) >= 11 is 1.67. The van der Waals surface area contributed by atoms with Crippen LogP contribution in [0.2, 0.25) is 0 Å². The van der Waals surface area contributed by atoms with E-state index in [-0.39, 0.29) is 0 Å². The molecule has 5 rings (SSSR count). The second kappa shape index (κ2) is 10.7. The predicted molar refractivity (Wildman–Crippen MR) is 147 cm³/mol. The molecule has 0 spiro atoms. The highest BCUT2D eigenvalue weighted by molar-refractivity contribution is 7.17. The molecule has 35 heavy (non-hydrogen) atoms. The lowest BCUT2D eigenvalue weighted by molar-refractivity contribution is 0.278. The van der Waals surface area contributed by atoms with Crippen LogP contribution in [-0.2, 0) is 0 Å². The topological polar surface area (TPSA) is 57.5 Å². The molecule has 4 heterocycles. The number of allylic oxidation sites excluding steroid dienone is 2. The van der Waals surface area contributed by atoms with Crippen LogP contribution in [0.4, 0.5) is 5.82 Å². The second-order valence-electron chi connectivity index (χ2n) is 8.58. The highest BCUT2D eigenvalue weighted by Crippen LogP contribution is 2.39. The van der Waals surface area contributed by atoms with E-state index in [0.29, 0.717) is 5.82 Å². The Bertz CT molecular complexity index is 1350. The molecule has 1 aliphatic rings. The molecule has 0 N–H and O–H groups in total. The Morgan fingerprint density at radius 1 is 1.06 bits per heavy atom. The van der Waals surface area contributed by atoms with E-state index in [0.717, 1.165) is 54.5 Å². The zero-order chi connectivity index (χ0) is 24.0. The molecule has 3 aromatic heterocycles. The van der Waals surface area contributed by atoms with Gasteiger partial charge in [0.25, 0.3) is 0 Å². The first kappa shape index (κ1) is 23.1. The van der Waals surface area contributed by atoms with Crippen LogP contribution in [0.1, 0.15) is 6.92 Å². The third-order valence-corrected chi connectivity index (χ3v) is 6.98. The number of thiophene rings is 1. The summed E-state index contributed by atoms with van der Waals surface area (Å²) in [5.74, 6) is 1.68. The fourth-order valence-electron chi connectivity index (χ4n) is 4.38. The summed E-state index contributed by atoms with van der Waals surface area (Å²) in [5, 5.41) is 3.34. The lowest BCUT2D eigenvalue weighted by Gasteiger charge is -2.36. The minimum absolute atomic E-state index is 0.679. The molecule has 0 unspecified atom stereocenters. The molecular weight excluding hydrogens is 452 g/mol. The van der Waals surface area contributed by atoms with E-state index in [1.165, 1.54) is 16.7 Å². The lowest BCUT2D eigenvalue weighted by Crippen LogP contribution is -2.47. The van der Waals surface area contributed by atoms with Crippen molar-refractivity contribution in [1.29, 1.82) is 0 Å². The minimum atomic E-state index is 0.679. The van der Waals surface area contributed by atoms with Gasteiger partial charge in [-0.2, -0.15) is 0 Å². The number of fused-ring (bicyclic) bond motifs is 1. The van der Waals surface area contributed by atoms with Gasteiger partial charge in [-0.25, -0.2) is 9.97 Å². The van der Waals surface area contributed by atoms with Gasteiger partial charge in [0, 0.05) is 56.1 Å². The standard InChI is InChI=1S/C28H28N6S/c1-21(9-8-13-29-2)19-33-15-17-34(18-16-33)27-25-23(22-10-4-3-5-11-22)20-35-28(25)32-26(31-27)24-12-6-7-14-30-24/h3-14,20H,2,15-19H2,1H3/b13-8-,21-9+. The van der Waals surface area contributed by atoms with E-state index < -0.39 is 0 Å². The maximum absolute atomic E-state index is 5.09. The highest BCUT2D eigenvalue weighted by atomic mass is 32.1. The number of pyridine rings is 1. The summed E-state index contributed by atoms with van der Waals surface area (Å²) in [7, 11) is 0. The van der Waals surface area contributed by atoms with Crippen LogP contribution in [-0.4, -0.2) is 59.3 Å². The van der Waals surface area contributed by atoms with Crippen LogP contribution >= 0.6 is 11.3 Å². The average molecular weight is 481 g/mol. The molecule has 0 aliphatic carbocycles. The molecule has 1 saturated heterocycles. The first-order valence-corrected chi connectivity index (χ1v) is 12.6. The molecule has 4 aromatic rings. The van der Waals surface area contributed by atoms with Gasteiger partial charge >= 0.3 is 0 Å². The molecule has 6 nitrogen and oxygen atoms in total. The minimum Gasteiger partial charge on any atom is -0.353 e. The van der Waals surface area contributed by atoms with Crippen molar-refractivity contribution in [3.05, 3.63) is 84.0 Å². The first-order chi connectivity index (χ1) is 17.2. The quantitative estimate of drug-likeness (QED) is 0.251. The number of piperazine rings is 1. The van der Waals surface area contributed by atoms with Gasteiger partial charge in [0.05, 0.1) is 5.39 Å². The fourth-order valence-corrected chi connectivity index (χ4v) is 5.33. The number of nitrogens with zero attached hydrogens (tertiary/aromatic N) is 6. The Morgan fingerprint density at radius 3 is 2.60 bits per heavy atom. The Morgan fingerprint density at radius 2 is 1.86 bits per heavy atom. The van der Waals surface area contributed by atoms with E-state index >= 15 is 0 Å². The monoisotopic (exact) mass is 480 g/mol. The van der Waals surface area contributed by atoms with Crippen molar-refractivity contribution in [3.8, 4) is 22.6 Å². The molecule has 1 aromatic carbocycles. The molecule has 0 saturated carbocycles. The molecule has 7 heteroatoms. The van der Waals surface area contributed by atoms with Crippen molar-refractivity contribution < 1.29 is 0 Å². The molecular formula is C28H28N6S. The largest absolute Gasteiger partial charge is 0.353 e. The van der Waals surface area contributed by atoms with Crippen LogP contribution < -0.4 is 4.90 Å². The maximum Gasteiger partial charge on any atom is 0.181 e. The van der Waals surface area contributed by atoms with E-state index in [9.17, 15) is 0 Å². The number of rotatable bonds is 7. The van der Waals surface area contributed by atoms with E-state index in [1.807, 2.05) is 30.3 Å². The zero-order valence-electron chi connectivity index (χ0n) is 19.8. The number of hydrogen-bond acceptors (Lipinski definition) is 7. The van der Waals surface area contributed by atoms with Crippen molar-refractivity contribution in [2.75, 3.05) is 37.6 Å². The van der Waals surface area contributed by atoms with Gasteiger partial charge in [-0.3, -0.25) is 14.9 Å². The third-order valence-electron chi connectivity index (χ3n) is 6.11. The molecule has 0 bridgehead atoms. The highest BCUT2D eigenvalue weighted by Gasteiger charge is 2.24. The average Bonchev–Trinajstić information content (AvgIpc) is 3.34. The molecule has 0 atom stereocenters. The molecule has 0 amide bonds. The summed E-state index contributed by atoms with van der Waals surface area (Å²) in [5.41, 5.74) is 4.49. The predicted octanol–water partition coefficient (Wildman–Crippen LogP) is 5.70. The fraction of sp³-hybridized carbons (Fsp3) is 0.214. The zero-order valence-corrected chi connectivity index (χ0v) is 20.7. The lowest BCUT2D eigenvalue weighted by atomic mass is 10.1. The van der Waals surface area contributed by atoms with Crippen molar-refractivity contribution in [2.45, 2.75) is 6.92 Å². The number of aromatic nitrogens is 3. The van der Waals surface area contributed by atoms with Crippen molar-refractivity contribution in [2.24, 2.45) is 4.99 Å². The van der Waals surface area contributed by atoms with Gasteiger partial charge in [-0.1, -0.05) is 48.0 Å². The van der Waals surface area contributed by atoms with Crippen LogP contribution in [0.5, 0.6) is 0 Å². The van der Waals surface area contributed by atoms with Crippen molar-refractivity contribution in [3.63, 3.8) is 0 Å². The Balaban J connectivity index is 1.47. The number of benzene rings is 1. The SMILES string of the molecule is C=N/C=C\C=C(/C)CN1CCN(c2nc(-c3ccccn3)nc3scc(-c4ccccc4)c23)CC1. The van der Waals surface area contributed by atoms with Gasteiger partial charge in [0.1, 0.15) is 16.3 Å². The van der Waals surface area contributed by atoms with Crippen molar-refractivity contribution >= 4 is 34.1 Å². The van der Waals surface area contributed by atoms with Crippen LogP contribution in [0.15, 0.2) is 89.0 Å². The molecule has 1 aliphatic heterocycles. The normalized spacial score (nSPS) is 15.2. The number of hydrogen-bond donors (Lipinski definition) is 0. The first-order valence-electron chi connectivity index (χ1n) is 11.7. The van der Waals surface area contributed by atoms with Crippen molar-refractivity contribution in [1.82, 2.24) is 19.9 Å². The Kier molecular flexibility index (Phi) is 7.07. The van der Waals surface area contributed by atoms with E-state index in [2.05, 4.69) is 69.1 Å². The van der Waals surface area contributed by atoms with Crippen LogP contribution in [0, 0.1) is 0 Å². The van der Waals surface area contributed by atoms with Gasteiger partial charge in [0.2, 0.25) is 0 Å². The van der Waals surface area contributed by atoms with Gasteiger partial charge in [-0.05, 0) is 37.4 Å². The third kappa shape index (κ3) is 5.21. The van der Waals surface area contributed by atoms with Gasteiger partial charge in [0.15, 0.2) is 5.82 Å². The maximum atomic E-state index is 5.09. The Labute approximate surface area is 210 Å². The second-order valence-corrected chi connectivity index (χ2v) is 9.44. The van der Waals surface area contributed by atoms with Crippen LogP contribution in [0.25, 0.3) is 32.9 Å². The summed E-state index contributed by atoms with van der Waals surface area (Å²) in [6.07, 6.45) is 7.55. The summed E-state index contributed by atoms with van der Waals surface area (Å²) in [4.78, 5) is 24.2. The summed E-state index contributed by atoms with van der Waals surface area (Å²) in [6.45, 7) is 10.4. The number of aliphatic imine (C=N–C) groups is 1. The smallest absolute Gasteiger partial charge is 0.181 e. The summed E-state index contributed by atoms with van der Waals surface area (Å²) < 4.78 is 0.